The number of carbonyl (C=O) groups is 2. The lowest BCUT2D eigenvalue weighted by molar-refractivity contribution is -0.121. The minimum atomic E-state index is -0.234. The molecular formula is C19H20N2O2S. The van der Waals surface area contributed by atoms with Crippen LogP contribution in [0, 0.1) is 27.7 Å². The minimum absolute atomic E-state index is 0.227. The molecule has 3 rings (SSSR count). The molecule has 0 atom stereocenters. The molecule has 1 aliphatic heterocycles. The Balaban J connectivity index is 2.12. The van der Waals surface area contributed by atoms with Gasteiger partial charge in [-0.05, 0) is 68.3 Å². The zero-order valence-electron chi connectivity index (χ0n) is 14.5. The van der Waals surface area contributed by atoms with E-state index in [1.54, 1.807) is 0 Å². The van der Waals surface area contributed by atoms with E-state index in [-0.39, 0.29) is 11.1 Å². The van der Waals surface area contributed by atoms with Crippen molar-refractivity contribution in [1.29, 1.82) is 0 Å². The lowest BCUT2D eigenvalue weighted by atomic mass is 10.1. The van der Waals surface area contributed by atoms with Gasteiger partial charge in [0.15, 0.2) is 0 Å². The number of hydrogen-bond donors (Lipinski definition) is 0. The fraction of sp³-hybridized carbons (Fsp3) is 0.263. The first-order chi connectivity index (χ1) is 11.3. The first-order valence-corrected chi connectivity index (χ1v) is 8.60. The molecule has 0 bridgehead atoms. The van der Waals surface area contributed by atoms with Crippen LogP contribution < -0.4 is 0 Å². The van der Waals surface area contributed by atoms with Gasteiger partial charge in [-0.1, -0.05) is 18.2 Å². The van der Waals surface area contributed by atoms with E-state index >= 15 is 0 Å². The summed E-state index contributed by atoms with van der Waals surface area (Å²) in [6.45, 7) is 8.30. The van der Waals surface area contributed by atoms with Gasteiger partial charge in [-0.25, -0.2) is 0 Å². The van der Waals surface area contributed by atoms with Crippen molar-refractivity contribution >= 4 is 29.0 Å². The zero-order valence-corrected chi connectivity index (χ0v) is 15.3. The summed E-state index contributed by atoms with van der Waals surface area (Å²) in [5.41, 5.74) is 6.72. The van der Waals surface area contributed by atoms with E-state index in [1.807, 2.05) is 13.0 Å². The largest absolute Gasteiger partial charge is 0.317 e. The Bertz CT molecular complexity index is 873. The molecule has 1 aromatic heterocycles. The Morgan fingerprint density at radius 1 is 1.04 bits per heavy atom. The van der Waals surface area contributed by atoms with E-state index in [4.69, 9.17) is 0 Å². The maximum absolute atomic E-state index is 12.1. The number of carbonyl (C=O) groups excluding carboxylic acids is 2. The van der Waals surface area contributed by atoms with Gasteiger partial charge in [0.1, 0.15) is 0 Å². The number of amides is 2. The van der Waals surface area contributed by atoms with Crippen LogP contribution in [0.3, 0.4) is 0 Å². The number of aryl methyl sites for hydroxylation is 3. The number of rotatable bonds is 2. The number of imide groups is 1. The molecule has 124 valence electrons. The molecule has 1 saturated heterocycles. The molecule has 4 nitrogen and oxygen atoms in total. The third-order valence-corrected chi connectivity index (χ3v) is 5.37. The highest BCUT2D eigenvalue weighted by atomic mass is 32.2. The standard InChI is InChI=1S/C19H20N2O2S/c1-11-7-6-8-12(2)17(11)21-13(3)9-15(14(21)4)10-16-18(22)20(5)19(23)24-16/h6-10H,1-5H3/b16-10-. The summed E-state index contributed by atoms with van der Waals surface area (Å²) in [7, 11) is 1.51. The summed E-state index contributed by atoms with van der Waals surface area (Å²) in [5.74, 6) is -0.234. The van der Waals surface area contributed by atoms with Gasteiger partial charge in [0, 0.05) is 18.4 Å². The number of likely N-dealkylation sites (N-methyl/N-ethyl adjacent to an activating group) is 1. The summed E-state index contributed by atoms with van der Waals surface area (Å²) in [4.78, 5) is 25.4. The molecule has 2 amide bonds. The number of benzene rings is 1. The van der Waals surface area contributed by atoms with Gasteiger partial charge in [-0.3, -0.25) is 14.5 Å². The molecule has 0 saturated carbocycles. The van der Waals surface area contributed by atoms with Crippen molar-refractivity contribution in [3.8, 4) is 5.69 Å². The molecule has 5 heteroatoms. The lowest BCUT2D eigenvalue weighted by Crippen LogP contribution is -2.22. The quantitative estimate of drug-likeness (QED) is 0.762. The van der Waals surface area contributed by atoms with Crippen LogP contribution in [0.25, 0.3) is 11.8 Å². The summed E-state index contributed by atoms with van der Waals surface area (Å²) in [6.07, 6.45) is 1.82. The molecule has 24 heavy (non-hydrogen) atoms. The highest BCUT2D eigenvalue weighted by Gasteiger charge is 2.32. The first kappa shape index (κ1) is 16.6. The topological polar surface area (TPSA) is 42.3 Å². The van der Waals surface area contributed by atoms with Gasteiger partial charge < -0.3 is 4.57 Å². The first-order valence-electron chi connectivity index (χ1n) is 7.78. The van der Waals surface area contributed by atoms with Crippen molar-refractivity contribution in [2.75, 3.05) is 7.05 Å². The Kier molecular flexibility index (Phi) is 4.13. The van der Waals surface area contributed by atoms with E-state index in [0.29, 0.717) is 4.91 Å². The third kappa shape index (κ3) is 2.59. The molecule has 1 fully saturated rings. The van der Waals surface area contributed by atoms with Crippen LogP contribution in [0.15, 0.2) is 29.2 Å². The molecule has 2 heterocycles. The third-order valence-electron chi connectivity index (χ3n) is 4.41. The lowest BCUT2D eigenvalue weighted by Gasteiger charge is -2.15. The summed E-state index contributed by atoms with van der Waals surface area (Å²) in [5, 5.41) is -0.227. The molecular weight excluding hydrogens is 320 g/mol. The fourth-order valence-corrected chi connectivity index (χ4v) is 3.94. The van der Waals surface area contributed by atoms with Gasteiger partial charge in [-0.2, -0.15) is 0 Å². The maximum atomic E-state index is 12.1. The SMILES string of the molecule is Cc1cccc(C)c1-n1c(C)cc(/C=C2\SC(=O)N(C)C2=O)c1C. The van der Waals surface area contributed by atoms with Gasteiger partial charge in [0.05, 0.1) is 10.6 Å². The monoisotopic (exact) mass is 340 g/mol. The second kappa shape index (κ2) is 5.98. The van der Waals surface area contributed by atoms with Crippen LogP contribution in [-0.4, -0.2) is 27.7 Å². The van der Waals surface area contributed by atoms with Crippen molar-refractivity contribution in [2.24, 2.45) is 0 Å². The van der Waals surface area contributed by atoms with Crippen LogP contribution in [0.4, 0.5) is 4.79 Å². The van der Waals surface area contributed by atoms with E-state index in [0.717, 1.165) is 33.6 Å². The molecule has 0 spiro atoms. The average Bonchev–Trinajstić information content (AvgIpc) is 2.92. The number of thioether (sulfide) groups is 1. The van der Waals surface area contributed by atoms with Crippen LogP contribution in [0.5, 0.6) is 0 Å². The molecule has 0 aliphatic carbocycles. The molecule has 1 aliphatic rings. The molecule has 0 N–H and O–H groups in total. The maximum Gasteiger partial charge on any atom is 0.293 e. The molecule has 2 aromatic rings. The normalized spacial score (nSPS) is 16.5. The van der Waals surface area contributed by atoms with Gasteiger partial charge in [0.25, 0.3) is 11.1 Å². The highest BCUT2D eigenvalue weighted by molar-refractivity contribution is 8.18. The molecule has 1 aromatic carbocycles. The van der Waals surface area contributed by atoms with Gasteiger partial charge in [-0.15, -0.1) is 0 Å². The van der Waals surface area contributed by atoms with E-state index in [2.05, 4.69) is 49.6 Å². The summed E-state index contributed by atoms with van der Waals surface area (Å²) >= 11 is 0.992. The molecule has 0 radical (unpaired) electrons. The Hall–Kier alpha value is -2.27. The van der Waals surface area contributed by atoms with Crippen molar-refractivity contribution in [2.45, 2.75) is 27.7 Å². The predicted molar refractivity (Wildman–Crippen MR) is 98.5 cm³/mol. The Morgan fingerprint density at radius 3 is 2.21 bits per heavy atom. The number of para-hydroxylation sites is 1. The fourth-order valence-electron chi connectivity index (χ4n) is 3.12. The van der Waals surface area contributed by atoms with Crippen LogP contribution in [0.1, 0.15) is 28.1 Å². The smallest absolute Gasteiger partial charge is 0.293 e. The number of aromatic nitrogens is 1. The number of nitrogens with zero attached hydrogens (tertiary/aromatic N) is 2. The van der Waals surface area contributed by atoms with E-state index in [1.165, 1.54) is 23.9 Å². The molecule has 0 unspecified atom stereocenters. The second-order valence-corrected chi connectivity index (χ2v) is 7.14. The van der Waals surface area contributed by atoms with Crippen LogP contribution in [-0.2, 0) is 4.79 Å². The average molecular weight is 340 g/mol. The highest BCUT2D eigenvalue weighted by Crippen LogP contribution is 2.33. The zero-order chi connectivity index (χ0) is 17.6. The van der Waals surface area contributed by atoms with E-state index in [9.17, 15) is 9.59 Å². The van der Waals surface area contributed by atoms with Crippen LogP contribution >= 0.6 is 11.8 Å². The Morgan fingerprint density at radius 2 is 1.67 bits per heavy atom. The van der Waals surface area contributed by atoms with Crippen molar-refractivity contribution in [3.05, 3.63) is 57.2 Å². The summed E-state index contributed by atoms with van der Waals surface area (Å²) in [6, 6.07) is 8.32. The minimum Gasteiger partial charge on any atom is -0.317 e. The van der Waals surface area contributed by atoms with Gasteiger partial charge >= 0.3 is 0 Å². The van der Waals surface area contributed by atoms with Gasteiger partial charge in [0.2, 0.25) is 0 Å². The summed E-state index contributed by atoms with van der Waals surface area (Å²) < 4.78 is 2.21. The predicted octanol–water partition coefficient (Wildman–Crippen LogP) is 4.38. The van der Waals surface area contributed by atoms with Crippen molar-refractivity contribution in [3.63, 3.8) is 0 Å². The van der Waals surface area contributed by atoms with Crippen LogP contribution in [0.2, 0.25) is 0 Å². The van der Waals surface area contributed by atoms with Crippen molar-refractivity contribution < 1.29 is 9.59 Å². The van der Waals surface area contributed by atoms with Crippen molar-refractivity contribution in [1.82, 2.24) is 9.47 Å². The Labute approximate surface area is 146 Å². The number of hydrogen-bond acceptors (Lipinski definition) is 3. The second-order valence-electron chi connectivity index (χ2n) is 6.14. The van der Waals surface area contributed by atoms with E-state index < -0.39 is 0 Å².